The highest BCUT2D eigenvalue weighted by Crippen LogP contribution is 2.33. The highest BCUT2D eigenvalue weighted by atomic mass is 35.5. The molecule has 0 saturated carbocycles. The van der Waals surface area contributed by atoms with Gasteiger partial charge in [0.2, 0.25) is 5.91 Å². The number of rotatable bonds is 4. The van der Waals surface area contributed by atoms with Gasteiger partial charge in [0.1, 0.15) is 5.38 Å². The molecule has 0 N–H and O–H groups in total. The van der Waals surface area contributed by atoms with Gasteiger partial charge in [-0.2, -0.15) is 0 Å². The van der Waals surface area contributed by atoms with Crippen molar-refractivity contribution in [2.24, 2.45) is 0 Å². The van der Waals surface area contributed by atoms with Crippen LogP contribution >= 0.6 is 11.6 Å². The first-order chi connectivity index (χ1) is 7.41. The summed E-state index contributed by atoms with van der Waals surface area (Å²) in [6, 6.07) is -0.569. The first kappa shape index (κ1) is 13.6. The van der Waals surface area contributed by atoms with E-state index < -0.39 is 29.8 Å². The summed E-state index contributed by atoms with van der Waals surface area (Å²) >= 11 is 5.78. The monoisotopic (exact) mass is 255 g/mol. The molecule has 1 fully saturated rings. The molecule has 0 aliphatic carbocycles. The Balaban J connectivity index is 2.73. The number of ether oxygens (including phenoxy) is 1. The largest absolute Gasteiger partial charge is 0.383 e. The molecule has 1 aliphatic heterocycles. The van der Waals surface area contributed by atoms with E-state index in [1.165, 1.54) is 7.11 Å². The molecule has 0 aromatic carbocycles. The van der Waals surface area contributed by atoms with Crippen LogP contribution in [0, 0.1) is 0 Å². The zero-order valence-corrected chi connectivity index (χ0v) is 10.1. The van der Waals surface area contributed by atoms with Crippen LogP contribution in [-0.4, -0.2) is 48.4 Å². The van der Waals surface area contributed by atoms with Crippen LogP contribution in [0.15, 0.2) is 0 Å². The van der Waals surface area contributed by atoms with Gasteiger partial charge in [-0.15, -0.1) is 11.6 Å². The molecule has 0 unspecified atom stereocenters. The number of amides is 1. The van der Waals surface area contributed by atoms with E-state index in [9.17, 15) is 13.6 Å². The number of carbonyl (C=O) groups excluding carboxylic acids is 1. The number of likely N-dealkylation sites (tertiary alicyclic amines) is 1. The summed E-state index contributed by atoms with van der Waals surface area (Å²) < 4.78 is 31.2. The van der Waals surface area contributed by atoms with Crippen LogP contribution in [0.3, 0.4) is 0 Å². The van der Waals surface area contributed by atoms with Crippen molar-refractivity contribution in [1.82, 2.24) is 4.90 Å². The summed E-state index contributed by atoms with van der Waals surface area (Å²) in [7, 11) is 1.43. The van der Waals surface area contributed by atoms with Crippen molar-refractivity contribution in [1.29, 1.82) is 0 Å². The second kappa shape index (κ2) is 5.27. The van der Waals surface area contributed by atoms with Crippen molar-refractivity contribution in [3.8, 4) is 0 Å². The van der Waals surface area contributed by atoms with Crippen LogP contribution in [-0.2, 0) is 9.53 Å². The summed E-state index contributed by atoms with van der Waals surface area (Å²) in [5.41, 5.74) is 0. The van der Waals surface area contributed by atoms with Crippen molar-refractivity contribution in [3.63, 3.8) is 0 Å². The lowest BCUT2D eigenvalue weighted by Crippen LogP contribution is -2.42. The van der Waals surface area contributed by atoms with E-state index in [-0.39, 0.29) is 13.0 Å². The predicted molar refractivity (Wildman–Crippen MR) is 56.9 cm³/mol. The van der Waals surface area contributed by atoms with Gasteiger partial charge in [-0.25, -0.2) is 8.78 Å². The van der Waals surface area contributed by atoms with Crippen LogP contribution in [0.5, 0.6) is 0 Å². The second-order valence-corrected chi connectivity index (χ2v) is 4.54. The number of halogens is 3. The molecule has 0 aromatic rings. The van der Waals surface area contributed by atoms with Crippen LogP contribution in [0.25, 0.3) is 0 Å². The first-order valence-electron chi connectivity index (χ1n) is 5.22. The maximum absolute atomic E-state index is 13.2. The summed E-state index contributed by atoms with van der Waals surface area (Å²) in [5, 5.41) is -0.728. The maximum Gasteiger partial charge on any atom is 0.267 e. The highest BCUT2D eigenvalue weighted by Gasteiger charge is 2.47. The van der Waals surface area contributed by atoms with Gasteiger partial charge in [0.05, 0.1) is 19.2 Å². The highest BCUT2D eigenvalue weighted by molar-refractivity contribution is 6.30. The summed E-state index contributed by atoms with van der Waals surface area (Å²) in [4.78, 5) is 12.9. The lowest BCUT2D eigenvalue weighted by atomic mass is 10.2. The Morgan fingerprint density at radius 3 is 2.81 bits per heavy atom. The molecule has 94 valence electrons. The van der Waals surface area contributed by atoms with Gasteiger partial charge < -0.3 is 9.64 Å². The molecule has 1 aliphatic rings. The van der Waals surface area contributed by atoms with Gasteiger partial charge >= 0.3 is 0 Å². The third-order valence-corrected chi connectivity index (χ3v) is 3.14. The third kappa shape index (κ3) is 3.04. The fourth-order valence-electron chi connectivity index (χ4n) is 1.85. The Bertz CT molecular complexity index is 263. The molecule has 1 rings (SSSR count). The molecule has 16 heavy (non-hydrogen) atoms. The quantitative estimate of drug-likeness (QED) is 0.718. The molecule has 3 nitrogen and oxygen atoms in total. The van der Waals surface area contributed by atoms with E-state index in [4.69, 9.17) is 16.3 Å². The van der Waals surface area contributed by atoms with Crippen LogP contribution in [0.4, 0.5) is 8.78 Å². The molecule has 1 heterocycles. The number of alkyl halides is 3. The summed E-state index contributed by atoms with van der Waals surface area (Å²) in [6.45, 7) is 1.31. The molecular formula is C10H16ClF2NO2. The zero-order chi connectivity index (χ0) is 12.3. The van der Waals surface area contributed by atoms with E-state index in [1.807, 2.05) is 0 Å². The van der Waals surface area contributed by atoms with Crippen molar-refractivity contribution >= 4 is 17.5 Å². The Morgan fingerprint density at radius 1 is 1.69 bits per heavy atom. The third-order valence-electron chi connectivity index (χ3n) is 2.65. The molecule has 1 saturated heterocycles. The molecule has 0 aromatic heterocycles. The average Bonchev–Trinajstić information content (AvgIpc) is 2.52. The van der Waals surface area contributed by atoms with Gasteiger partial charge in [-0.3, -0.25) is 4.79 Å². The molecular weight excluding hydrogens is 240 g/mol. The topological polar surface area (TPSA) is 29.5 Å². The lowest BCUT2D eigenvalue weighted by Gasteiger charge is -2.25. The van der Waals surface area contributed by atoms with Gasteiger partial charge in [-0.05, 0) is 6.42 Å². The number of hydrogen-bond acceptors (Lipinski definition) is 2. The normalized spacial score (nSPS) is 25.8. The number of hydrogen-bond donors (Lipinski definition) is 0. The first-order valence-corrected chi connectivity index (χ1v) is 5.66. The van der Waals surface area contributed by atoms with E-state index in [0.717, 1.165) is 4.90 Å². The number of carbonyl (C=O) groups is 1. The Hall–Kier alpha value is -0.420. The molecule has 0 bridgehead atoms. The van der Waals surface area contributed by atoms with Gasteiger partial charge in [0.15, 0.2) is 0 Å². The van der Waals surface area contributed by atoms with Crippen molar-refractivity contribution < 1.29 is 18.3 Å². The van der Waals surface area contributed by atoms with Gasteiger partial charge in [0, 0.05) is 13.5 Å². The predicted octanol–water partition coefficient (Wildman–Crippen LogP) is 1.89. The van der Waals surface area contributed by atoms with Crippen LogP contribution in [0.1, 0.15) is 19.8 Å². The Morgan fingerprint density at radius 2 is 2.31 bits per heavy atom. The number of methoxy groups -OCH3 is 1. The van der Waals surface area contributed by atoms with E-state index in [0.29, 0.717) is 6.42 Å². The molecule has 1 amide bonds. The lowest BCUT2D eigenvalue weighted by molar-refractivity contribution is -0.133. The fourth-order valence-corrected chi connectivity index (χ4v) is 1.98. The zero-order valence-electron chi connectivity index (χ0n) is 9.38. The minimum absolute atomic E-state index is 0.120. The number of nitrogens with zero attached hydrogens (tertiary/aromatic N) is 1. The van der Waals surface area contributed by atoms with Crippen LogP contribution < -0.4 is 0 Å². The standard InChI is InChI=1S/C10H16ClF2NO2/c1-3-8(11)9(15)14-6-10(12,13)4-7(14)5-16-2/h7-8H,3-6H2,1-2H3/t7-,8+/m0/s1. The smallest absolute Gasteiger partial charge is 0.267 e. The van der Waals surface area contributed by atoms with Crippen molar-refractivity contribution in [2.75, 3.05) is 20.3 Å². The van der Waals surface area contributed by atoms with Gasteiger partial charge in [-0.1, -0.05) is 6.92 Å². The van der Waals surface area contributed by atoms with Crippen molar-refractivity contribution in [2.45, 2.75) is 37.1 Å². The SMILES string of the molecule is CC[C@@H](Cl)C(=O)N1CC(F)(F)C[C@H]1COC. The van der Waals surface area contributed by atoms with Gasteiger partial charge in [0.25, 0.3) is 5.92 Å². The average molecular weight is 256 g/mol. The van der Waals surface area contributed by atoms with E-state index >= 15 is 0 Å². The second-order valence-electron chi connectivity index (χ2n) is 4.01. The van der Waals surface area contributed by atoms with E-state index in [1.54, 1.807) is 6.92 Å². The molecule has 2 atom stereocenters. The van der Waals surface area contributed by atoms with Crippen LogP contribution in [0.2, 0.25) is 0 Å². The minimum atomic E-state index is -2.83. The summed E-state index contributed by atoms with van der Waals surface area (Å²) in [5.74, 6) is -3.26. The molecule has 0 radical (unpaired) electrons. The van der Waals surface area contributed by atoms with Crippen molar-refractivity contribution in [3.05, 3.63) is 0 Å². The minimum Gasteiger partial charge on any atom is -0.383 e. The maximum atomic E-state index is 13.2. The fraction of sp³-hybridized carbons (Fsp3) is 0.900. The molecule has 0 spiro atoms. The summed E-state index contributed by atoms with van der Waals surface area (Å²) in [6.07, 6.45) is 0.0854. The van der Waals surface area contributed by atoms with E-state index in [2.05, 4.69) is 0 Å². The molecule has 6 heteroatoms. The Kier molecular flexibility index (Phi) is 4.50. The Labute approximate surface area is 98.7 Å².